The number of ether oxygens (including phenoxy) is 3. The molecule has 2 aromatic carbocycles. The first-order valence-corrected chi connectivity index (χ1v) is 7.98. The number of carbonyl (C=O) groups is 2. The van der Waals surface area contributed by atoms with Gasteiger partial charge in [0, 0.05) is 17.2 Å². The van der Waals surface area contributed by atoms with E-state index in [4.69, 9.17) is 14.2 Å². The van der Waals surface area contributed by atoms with Crippen LogP contribution in [0.4, 0.5) is 0 Å². The SMILES string of the molecule is COc1cc(OC)cc(C(=O)C(=O)COCC#Cc2cc(O)c(O)c(O)c2)c1. The predicted octanol–water partition coefficient (Wildman–Crippen LogP) is 1.64. The maximum Gasteiger partial charge on any atom is 0.231 e. The van der Waals surface area contributed by atoms with Crippen LogP contribution in [0.3, 0.4) is 0 Å². The highest BCUT2D eigenvalue weighted by Crippen LogP contribution is 2.34. The van der Waals surface area contributed by atoms with Gasteiger partial charge in [-0.1, -0.05) is 11.8 Å². The van der Waals surface area contributed by atoms with E-state index < -0.39 is 35.4 Å². The lowest BCUT2D eigenvalue weighted by Crippen LogP contribution is -2.20. The van der Waals surface area contributed by atoms with E-state index in [2.05, 4.69) is 11.8 Å². The van der Waals surface area contributed by atoms with Crippen molar-refractivity contribution in [1.82, 2.24) is 0 Å². The molecule has 0 atom stereocenters. The minimum Gasteiger partial charge on any atom is -0.504 e. The zero-order valence-corrected chi connectivity index (χ0v) is 15.2. The molecule has 0 saturated heterocycles. The van der Waals surface area contributed by atoms with Gasteiger partial charge in [-0.15, -0.1) is 0 Å². The van der Waals surface area contributed by atoms with Crippen molar-refractivity contribution in [2.75, 3.05) is 27.4 Å². The first-order valence-electron chi connectivity index (χ1n) is 7.98. The molecule has 146 valence electrons. The quantitative estimate of drug-likeness (QED) is 0.216. The van der Waals surface area contributed by atoms with Crippen LogP contribution in [-0.4, -0.2) is 54.3 Å². The molecule has 0 aliphatic rings. The van der Waals surface area contributed by atoms with Crippen LogP contribution in [0.25, 0.3) is 0 Å². The summed E-state index contributed by atoms with van der Waals surface area (Å²) in [5.41, 5.74) is 0.355. The van der Waals surface area contributed by atoms with Crippen molar-refractivity contribution in [2.24, 2.45) is 0 Å². The molecule has 2 rings (SSSR count). The van der Waals surface area contributed by atoms with E-state index in [0.717, 1.165) is 12.1 Å². The number of phenols is 3. The lowest BCUT2D eigenvalue weighted by Gasteiger charge is -2.07. The topological polar surface area (TPSA) is 123 Å². The Labute approximate surface area is 160 Å². The van der Waals surface area contributed by atoms with E-state index in [1.807, 2.05) is 0 Å². The molecule has 8 nitrogen and oxygen atoms in total. The summed E-state index contributed by atoms with van der Waals surface area (Å²) in [4.78, 5) is 24.2. The summed E-state index contributed by atoms with van der Waals surface area (Å²) in [6.45, 7) is -0.637. The van der Waals surface area contributed by atoms with Gasteiger partial charge < -0.3 is 29.5 Å². The van der Waals surface area contributed by atoms with Crippen LogP contribution in [0.5, 0.6) is 28.7 Å². The lowest BCUT2D eigenvalue weighted by molar-refractivity contribution is -0.118. The van der Waals surface area contributed by atoms with Gasteiger partial charge >= 0.3 is 0 Å². The summed E-state index contributed by atoms with van der Waals surface area (Å²) < 4.78 is 15.2. The van der Waals surface area contributed by atoms with E-state index in [9.17, 15) is 24.9 Å². The number of benzene rings is 2. The zero-order chi connectivity index (χ0) is 20.7. The molecule has 8 heteroatoms. The van der Waals surface area contributed by atoms with E-state index in [1.54, 1.807) is 6.07 Å². The summed E-state index contributed by atoms with van der Waals surface area (Å²) in [5, 5.41) is 28.0. The molecule has 0 fully saturated rings. The smallest absolute Gasteiger partial charge is 0.231 e. The molecule has 0 aliphatic heterocycles. The number of ketones is 2. The highest BCUT2D eigenvalue weighted by molar-refractivity contribution is 6.44. The third-order valence-corrected chi connectivity index (χ3v) is 3.58. The van der Waals surface area contributed by atoms with Crippen molar-refractivity contribution in [2.45, 2.75) is 0 Å². The number of Topliss-reactive ketones (excluding diaryl/α,β-unsaturated/α-hetero) is 2. The highest BCUT2D eigenvalue weighted by atomic mass is 16.5. The third kappa shape index (κ3) is 5.16. The second-order valence-electron chi connectivity index (χ2n) is 5.51. The molecule has 0 saturated carbocycles. The molecule has 0 bridgehead atoms. The van der Waals surface area contributed by atoms with Crippen LogP contribution in [0.1, 0.15) is 15.9 Å². The third-order valence-electron chi connectivity index (χ3n) is 3.58. The second-order valence-corrected chi connectivity index (χ2v) is 5.51. The van der Waals surface area contributed by atoms with Crippen molar-refractivity contribution in [1.29, 1.82) is 0 Å². The minimum absolute atomic E-state index is 0.117. The maximum absolute atomic E-state index is 12.2. The first kappa shape index (κ1) is 20.6. The van der Waals surface area contributed by atoms with E-state index in [-0.39, 0.29) is 17.7 Å². The van der Waals surface area contributed by atoms with Crippen LogP contribution >= 0.6 is 0 Å². The van der Waals surface area contributed by atoms with Gasteiger partial charge in [-0.05, 0) is 24.3 Å². The average molecular weight is 386 g/mol. The van der Waals surface area contributed by atoms with Crippen molar-refractivity contribution in [3.05, 3.63) is 41.5 Å². The van der Waals surface area contributed by atoms with Crippen molar-refractivity contribution in [3.8, 4) is 40.6 Å². The van der Waals surface area contributed by atoms with Crippen molar-refractivity contribution < 1.29 is 39.1 Å². The Kier molecular flexibility index (Phi) is 6.84. The Balaban J connectivity index is 1.94. The summed E-state index contributed by atoms with van der Waals surface area (Å²) in [6, 6.07) is 6.74. The molecule has 0 aromatic heterocycles. The van der Waals surface area contributed by atoms with Gasteiger partial charge in [-0.3, -0.25) is 9.59 Å². The summed E-state index contributed by atoms with van der Waals surface area (Å²) in [7, 11) is 2.86. The van der Waals surface area contributed by atoms with Gasteiger partial charge in [0.2, 0.25) is 11.6 Å². The van der Waals surface area contributed by atoms with Crippen molar-refractivity contribution in [3.63, 3.8) is 0 Å². The van der Waals surface area contributed by atoms with Gasteiger partial charge in [0.1, 0.15) is 24.7 Å². The molecule has 2 aromatic rings. The lowest BCUT2D eigenvalue weighted by atomic mass is 10.1. The van der Waals surface area contributed by atoms with Gasteiger partial charge in [0.25, 0.3) is 0 Å². The van der Waals surface area contributed by atoms with E-state index in [1.165, 1.54) is 26.4 Å². The van der Waals surface area contributed by atoms with Gasteiger partial charge in [0.15, 0.2) is 17.2 Å². The van der Waals surface area contributed by atoms with Crippen LogP contribution in [0.2, 0.25) is 0 Å². The first-order chi connectivity index (χ1) is 13.3. The Morgan fingerprint density at radius 2 is 1.50 bits per heavy atom. The van der Waals surface area contributed by atoms with Crippen LogP contribution < -0.4 is 9.47 Å². The fourth-order valence-corrected chi connectivity index (χ4v) is 2.17. The molecule has 0 radical (unpaired) electrons. The van der Waals surface area contributed by atoms with Crippen LogP contribution in [-0.2, 0) is 9.53 Å². The van der Waals surface area contributed by atoms with Crippen LogP contribution in [0, 0.1) is 11.8 Å². The molecular weight excluding hydrogens is 368 g/mol. The summed E-state index contributed by atoms with van der Waals surface area (Å²) >= 11 is 0. The number of methoxy groups -OCH3 is 2. The molecule has 0 heterocycles. The standard InChI is InChI=1S/C20H18O8/c1-26-14-8-13(9-15(10-14)27-2)19(24)18(23)11-28-5-3-4-12-6-16(21)20(25)17(22)7-12/h6-10,21-22,25H,5,11H2,1-2H3. The molecule has 0 amide bonds. The summed E-state index contributed by atoms with van der Waals surface area (Å²) in [6.07, 6.45) is 0. The fourth-order valence-electron chi connectivity index (χ4n) is 2.17. The van der Waals surface area contributed by atoms with Gasteiger partial charge in [-0.2, -0.15) is 0 Å². The fraction of sp³-hybridized carbons (Fsp3) is 0.200. The molecular formula is C20H18O8. The minimum atomic E-state index is -0.767. The number of hydrogen-bond donors (Lipinski definition) is 3. The van der Waals surface area contributed by atoms with Gasteiger partial charge in [0.05, 0.1) is 14.2 Å². The molecule has 0 unspecified atom stereocenters. The van der Waals surface area contributed by atoms with Crippen LogP contribution in [0.15, 0.2) is 30.3 Å². The van der Waals surface area contributed by atoms with Gasteiger partial charge in [-0.25, -0.2) is 0 Å². The van der Waals surface area contributed by atoms with E-state index >= 15 is 0 Å². The predicted molar refractivity (Wildman–Crippen MR) is 98.0 cm³/mol. The molecule has 28 heavy (non-hydrogen) atoms. The Hall–Kier alpha value is -3.70. The summed E-state index contributed by atoms with van der Waals surface area (Å²) in [5.74, 6) is 2.72. The van der Waals surface area contributed by atoms with E-state index in [0.29, 0.717) is 11.5 Å². The van der Waals surface area contributed by atoms with Crippen molar-refractivity contribution >= 4 is 11.6 Å². The highest BCUT2D eigenvalue weighted by Gasteiger charge is 2.18. The number of rotatable bonds is 7. The zero-order valence-electron chi connectivity index (χ0n) is 15.2. The number of carbonyl (C=O) groups excluding carboxylic acids is 2. The Morgan fingerprint density at radius 1 is 0.929 bits per heavy atom. The molecule has 3 N–H and O–H groups in total. The number of phenolic OH excluding ortho intramolecular Hbond substituents is 3. The average Bonchev–Trinajstić information content (AvgIpc) is 2.70. The molecule has 0 aliphatic carbocycles. The monoisotopic (exact) mass is 386 g/mol. The second kappa shape index (κ2) is 9.30. The number of hydrogen-bond acceptors (Lipinski definition) is 8. The Bertz CT molecular complexity index is 907. The Morgan fingerprint density at radius 3 is 2.04 bits per heavy atom. The normalized spacial score (nSPS) is 9.93. The maximum atomic E-state index is 12.2. The largest absolute Gasteiger partial charge is 0.504 e. The number of aromatic hydroxyl groups is 3. The molecule has 0 spiro atoms.